The van der Waals surface area contributed by atoms with E-state index in [1.165, 1.54) is 6.08 Å². The Morgan fingerprint density at radius 3 is 2.56 bits per heavy atom. The topological polar surface area (TPSA) is 88.5 Å². The lowest BCUT2D eigenvalue weighted by Gasteiger charge is -2.30. The molecule has 0 radical (unpaired) electrons. The molecule has 39 heavy (non-hydrogen) atoms. The first-order chi connectivity index (χ1) is 19.0. The lowest BCUT2D eigenvalue weighted by atomic mass is 9.95. The van der Waals surface area contributed by atoms with Gasteiger partial charge in [-0.1, -0.05) is 55.8 Å². The minimum absolute atomic E-state index is 0.0697. The maximum atomic E-state index is 13.5. The van der Waals surface area contributed by atoms with Crippen LogP contribution in [0, 0.1) is 0 Å². The fourth-order valence-electron chi connectivity index (χ4n) is 4.90. The van der Waals surface area contributed by atoms with Gasteiger partial charge in [0.1, 0.15) is 0 Å². The summed E-state index contributed by atoms with van der Waals surface area (Å²) in [6.07, 6.45) is 5.73. The minimum atomic E-state index is -0.742. The molecule has 4 rings (SSSR count). The standard InChI is InChI=1S/C31H38N2O6/c1-3-4-19-39-26-14-12-24(22-27(26)37-2)29-28(25(34)13-11-23-9-6-5-7-10-23)30(35)31(36)33(29)16-8-15-32-17-20-38-21-18-32/h5-7,9-14,22,29,35H,3-4,8,15-21H2,1-2H3. The van der Waals surface area contributed by atoms with Gasteiger partial charge in [-0.05, 0) is 42.2 Å². The summed E-state index contributed by atoms with van der Waals surface area (Å²) >= 11 is 0. The Kier molecular flexibility index (Phi) is 10.2. The summed E-state index contributed by atoms with van der Waals surface area (Å²) < 4.78 is 16.9. The highest BCUT2D eigenvalue weighted by Crippen LogP contribution is 2.41. The number of aliphatic hydroxyl groups excluding tert-OH is 1. The van der Waals surface area contributed by atoms with Crippen LogP contribution in [-0.2, 0) is 14.3 Å². The first-order valence-electron chi connectivity index (χ1n) is 13.7. The van der Waals surface area contributed by atoms with E-state index in [4.69, 9.17) is 14.2 Å². The van der Waals surface area contributed by atoms with Crippen LogP contribution >= 0.6 is 0 Å². The Morgan fingerprint density at radius 1 is 1.08 bits per heavy atom. The molecule has 0 bridgehead atoms. The number of amides is 1. The van der Waals surface area contributed by atoms with Crippen LogP contribution in [0.3, 0.4) is 0 Å². The molecule has 8 nitrogen and oxygen atoms in total. The van der Waals surface area contributed by atoms with Gasteiger partial charge in [0.05, 0.1) is 38.5 Å². The van der Waals surface area contributed by atoms with Crippen molar-refractivity contribution in [1.82, 2.24) is 9.80 Å². The van der Waals surface area contributed by atoms with Crippen molar-refractivity contribution in [1.29, 1.82) is 0 Å². The summed E-state index contributed by atoms with van der Waals surface area (Å²) in [4.78, 5) is 30.7. The second kappa shape index (κ2) is 14.0. The lowest BCUT2D eigenvalue weighted by Crippen LogP contribution is -2.39. The van der Waals surface area contributed by atoms with E-state index in [2.05, 4.69) is 11.8 Å². The Bertz CT molecular complexity index is 1190. The number of carbonyl (C=O) groups is 2. The number of ether oxygens (including phenoxy) is 3. The molecule has 0 saturated carbocycles. The Morgan fingerprint density at radius 2 is 1.85 bits per heavy atom. The number of unbranched alkanes of at least 4 members (excludes halogenated alkanes) is 1. The number of hydrogen-bond acceptors (Lipinski definition) is 7. The van der Waals surface area contributed by atoms with Crippen molar-refractivity contribution in [2.24, 2.45) is 0 Å². The van der Waals surface area contributed by atoms with Crippen LogP contribution in [0.1, 0.15) is 43.4 Å². The molecule has 8 heteroatoms. The van der Waals surface area contributed by atoms with Gasteiger partial charge in [-0.25, -0.2) is 0 Å². The van der Waals surface area contributed by atoms with Gasteiger partial charge < -0.3 is 24.2 Å². The van der Waals surface area contributed by atoms with Gasteiger partial charge in [-0.15, -0.1) is 0 Å². The molecule has 208 valence electrons. The zero-order chi connectivity index (χ0) is 27.6. The summed E-state index contributed by atoms with van der Waals surface area (Å²) in [5.74, 6) is -0.338. The largest absolute Gasteiger partial charge is 0.503 e. The smallest absolute Gasteiger partial charge is 0.290 e. The number of hydrogen-bond donors (Lipinski definition) is 1. The number of nitrogens with zero attached hydrogens (tertiary/aromatic N) is 2. The molecule has 0 spiro atoms. The molecule has 2 aromatic carbocycles. The van der Waals surface area contributed by atoms with Crippen LogP contribution in [-0.4, -0.2) is 79.7 Å². The first kappa shape index (κ1) is 28.4. The fraction of sp³-hybridized carbons (Fsp3) is 0.419. The first-order valence-corrected chi connectivity index (χ1v) is 13.7. The number of ketones is 1. The molecule has 1 fully saturated rings. The number of rotatable bonds is 13. The summed E-state index contributed by atoms with van der Waals surface area (Å²) in [5.41, 5.74) is 1.60. The average Bonchev–Trinajstić information content (AvgIpc) is 3.22. The maximum absolute atomic E-state index is 13.5. The number of methoxy groups -OCH3 is 1. The highest BCUT2D eigenvalue weighted by molar-refractivity contribution is 6.14. The van der Waals surface area contributed by atoms with E-state index in [1.54, 1.807) is 30.2 Å². The fourth-order valence-corrected chi connectivity index (χ4v) is 4.90. The third-order valence-electron chi connectivity index (χ3n) is 7.03. The minimum Gasteiger partial charge on any atom is -0.503 e. The molecule has 1 saturated heterocycles. The van der Waals surface area contributed by atoms with E-state index in [-0.39, 0.29) is 5.57 Å². The van der Waals surface area contributed by atoms with Gasteiger partial charge in [0.2, 0.25) is 0 Å². The summed E-state index contributed by atoms with van der Waals surface area (Å²) in [7, 11) is 1.56. The average molecular weight is 535 g/mol. The maximum Gasteiger partial charge on any atom is 0.290 e. The highest BCUT2D eigenvalue weighted by Gasteiger charge is 2.43. The van der Waals surface area contributed by atoms with E-state index in [0.717, 1.165) is 38.0 Å². The molecule has 2 heterocycles. The van der Waals surface area contributed by atoms with E-state index in [0.29, 0.717) is 49.8 Å². The van der Waals surface area contributed by atoms with Crippen LogP contribution in [0.2, 0.25) is 0 Å². The van der Waals surface area contributed by atoms with Crippen LogP contribution in [0.25, 0.3) is 6.08 Å². The molecule has 2 aliphatic rings. The molecule has 2 aromatic rings. The second-order valence-electron chi connectivity index (χ2n) is 9.69. The van der Waals surface area contributed by atoms with Crippen LogP contribution in [0.4, 0.5) is 0 Å². The molecule has 0 aliphatic carbocycles. The summed E-state index contributed by atoms with van der Waals surface area (Å²) in [6, 6.07) is 14.1. The van der Waals surface area contributed by atoms with Gasteiger partial charge in [0.25, 0.3) is 5.91 Å². The van der Waals surface area contributed by atoms with E-state index < -0.39 is 23.5 Å². The normalized spacial score (nSPS) is 18.3. The number of aliphatic hydroxyl groups is 1. The predicted octanol–water partition coefficient (Wildman–Crippen LogP) is 4.57. The van der Waals surface area contributed by atoms with Gasteiger partial charge >= 0.3 is 0 Å². The monoisotopic (exact) mass is 534 g/mol. The van der Waals surface area contributed by atoms with Crippen molar-refractivity contribution in [3.05, 3.63) is 77.1 Å². The lowest BCUT2D eigenvalue weighted by molar-refractivity contribution is -0.129. The van der Waals surface area contributed by atoms with Crippen LogP contribution < -0.4 is 9.47 Å². The quantitative estimate of drug-likeness (QED) is 0.297. The van der Waals surface area contributed by atoms with Crippen molar-refractivity contribution in [2.75, 3.05) is 53.1 Å². The highest BCUT2D eigenvalue weighted by atomic mass is 16.5. The van der Waals surface area contributed by atoms with Gasteiger partial charge in [-0.3, -0.25) is 14.5 Å². The molecule has 1 N–H and O–H groups in total. The summed E-state index contributed by atoms with van der Waals surface area (Å²) in [5, 5.41) is 11.0. The van der Waals surface area contributed by atoms with Crippen molar-refractivity contribution < 1.29 is 28.9 Å². The van der Waals surface area contributed by atoms with Gasteiger partial charge in [0.15, 0.2) is 23.0 Å². The van der Waals surface area contributed by atoms with Gasteiger partial charge in [0, 0.05) is 26.2 Å². The Hall–Kier alpha value is -3.62. The molecule has 1 amide bonds. The van der Waals surface area contributed by atoms with Crippen molar-refractivity contribution in [3.63, 3.8) is 0 Å². The Balaban J connectivity index is 1.62. The number of carbonyl (C=O) groups excluding carboxylic acids is 2. The zero-order valence-electron chi connectivity index (χ0n) is 22.8. The number of morpholine rings is 1. The Labute approximate surface area is 230 Å². The molecule has 1 unspecified atom stereocenters. The third-order valence-corrected chi connectivity index (χ3v) is 7.03. The number of benzene rings is 2. The molecule has 0 aromatic heterocycles. The van der Waals surface area contributed by atoms with E-state index >= 15 is 0 Å². The molecule has 1 atom stereocenters. The van der Waals surface area contributed by atoms with Crippen molar-refractivity contribution in [3.8, 4) is 11.5 Å². The number of allylic oxidation sites excluding steroid dienone is 1. The van der Waals surface area contributed by atoms with Crippen LogP contribution in [0.15, 0.2) is 65.9 Å². The van der Waals surface area contributed by atoms with Gasteiger partial charge in [-0.2, -0.15) is 0 Å². The third kappa shape index (κ3) is 7.07. The van der Waals surface area contributed by atoms with E-state index in [9.17, 15) is 14.7 Å². The molecular formula is C31H38N2O6. The van der Waals surface area contributed by atoms with Crippen molar-refractivity contribution >= 4 is 17.8 Å². The summed E-state index contributed by atoms with van der Waals surface area (Å²) in [6.45, 7) is 6.96. The molecular weight excluding hydrogens is 496 g/mol. The van der Waals surface area contributed by atoms with Crippen molar-refractivity contribution in [2.45, 2.75) is 32.2 Å². The zero-order valence-corrected chi connectivity index (χ0v) is 22.8. The second-order valence-corrected chi connectivity index (χ2v) is 9.69. The molecule has 2 aliphatic heterocycles. The predicted molar refractivity (Wildman–Crippen MR) is 150 cm³/mol. The SMILES string of the molecule is CCCCOc1ccc(C2C(C(=O)C=Cc3ccccc3)=C(O)C(=O)N2CCCN2CCOCC2)cc1OC. The van der Waals surface area contributed by atoms with E-state index in [1.807, 2.05) is 36.4 Å². The van der Waals surface area contributed by atoms with Crippen LogP contribution in [0.5, 0.6) is 11.5 Å².